The van der Waals surface area contributed by atoms with Crippen molar-refractivity contribution in [2.24, 2.45) is 5.41 Å². The molecule has 0 bridgehead atoms. The first-order valence-electron chi connectivity index (χ1n) is 4.42. The van der Waals surface area contributed by atoms with E-state index in [4.69, 9.17) is 5.11 Å². The monoisotopic (exact) mass is 171 g/mol. The van der Waals surface area contributed by atoms with Gasteiger partial charge in [0.15, 0.2) is 0 Å². The van der Waals surface area contributed by atoms with Gasteiger partial charge in [0.1, 0.15) is 6.10 Å². The third-order valence-corrected chi connectivity index (χ3v) is 2.72. The van der Waals surface area contributed by atoms with Crippen LogP contribution >= 0.6 is 0 Å². The summed E-state index contributed by atoms with van der Waals surface area (Å²) in [5.41, 5.74) is 0.213. The topological polar surface area (TPSA) is 49.3 Å². The van der Waals surface area contributed by atoms with Gasteiger partial charge in [0, 0.05) is 6.04 Å². The second kappa shape index (κ2) is 3.05. The molecular formula is C9H17NO2. The Bertz CT molecular complexity index is 187. The van der Waals surface area contributed by atoms with Crippen molar-refractivity contribution >= 4 is 5.91 Å². The van der Waals surface area contributed by atoms with E-state index in [1.165, 1.54) is 6.92 Å². The van der Waals surface area contributed by atoms with Crippen LogP contribution in [0, 0.1) is 5.41 Å². The molecule has 0 aromatic heterocycles. The third-order valence-electron chi connectivity index (χ3n) is 2.72. The van der Waals surface area contributed by atoms with Crippen LogP contribution in [-0.4, -0.2) is 23.2 Å². The first-order valence-corrected chi connectivity index (χ1v) is 4.42. The van der Waals surface area contributed by atoms with E-state index in [2.05, 4.69) is 19.2 Å². The van der Waals surface area contributed by atoms with Gasteiger partial charge in [0.05, 0.1) is 0 Å². The Hall–Kier alpha value is -0.570. The van der Waals surface area contributed by atoms with E-state index in [1.807, 2.05) is 0 Å². The Morgan fingerprint density at radius 2 is 2.25 bits per heavy atom. The SMILES string of the molecule is CC(O)C(=O)NC1CCC1(C)C. The van der Waals surface area contributed by atoms with Crippen molar-refractivity contribution in [3.05, 3.63) is 0 Å². The van der Waals surface area contributed by atoms with E-state index >= 15 is 0 Å². The molecule has 3 nitrogen and oxygen atoms in total. The minimum atomic E-state index is -0.888. The fourth-order valence-electron chi connectivity index (χ4n) is 1.43. The molecule has 0 radical (unpaired) electrons. The number of aliphatic hydroxyl groups is 1. The van der Waals surface area contributed by atoms with Crippen LogP contribution in [0.5, 0.6) is 0 Å². The molecule has 0 aromatic rings. The summed E-state index contributed by atoms with van der Waals surface area (Å²) in [6.07, 6.45) is 1.30. The maximum atomic E-state index is 11.1. The maximum Gasteiger partial charge on any atom is 0.248 e. The van der Waals surface area contributed by atoms with Crippen LogP contribution < -0.4 is 5.32 Å². The molecule has 0 aromatic carbocycles. The molecule has 2 N–H and O–H groups in total. The van der Waals surface area contributed by atoms with E-state index in [-0.39, 0.29) is 17.4 Å². The zero-order valence-electron chi connectivity index (χ0n) is 7.92. The van der Waals surface area contributed by atoms with E-state index in [0.29, 0.717) is 0 Å². The van der Waals surface area contributed by atoms with Crippen LogP contribution in [0.4, 0.5) is 0 Å². The van der Waals surface area contributed by atoms with Gasteiger partial charge in [-0.25, -0.2) is 0 Å². The molecular weight excluding hydrogens is 154 g/mol. The summed E-state index contributed by atoms with van der Waals surface area (Å²) >= 11 is 0. The smallest absolute Gasteiger partial charge is 0.248 e. The number of hydrogen-bond acceptors (Lipinski definition) is 2. The average molecular weight is 171 g/mol. The Labute approximate surface area is 73.2 Å². The second-order valence-electron chi connectivity index (χ2n) is 4.26. The van der Waals surface area contributed by atoms with Crippen LogP contribution in [0.3, 0.4) is 0 Å². The average Bonchev–Trinajstić information content (AvgIpc) is 1.97. The van der Waals surface area contributed by atoms with Crippen LogP contribution in [0.1, 0.15) is 33.6 Å². The predicted octanol–water partition coefficient (Wildman–Crippen LogP) is 0.672. The lowest BCUT2D eigenvalue weighted by Gasteiger charge is -2.44. The van der Waals surface area contributed by atoms with Gasteiger partial charge >= 0.3 is 0 Å². The van der Waals surface area contributed by atoms with E-state index in [1.54, 1.807) is 0 Å². The summed E-state index contributed by atoms with van der Waals surface area (Å²) in [5.74, 6) is -0.257. The lowest BCUT2D eigenvalue weighted by atomic mass is 9.67. The first kappa shape index (κ1) is 9.52. The van der Waals surface area contributed by atoms with Crippen molar-refractivity contribution in [2.75, 3.05) is 0 Å². The summed E-state index contributed by atoms with van der Waals surface area (Å²) in [6.45, 7) is 5.74. The molecule has 1 aliphatic carbocycles. The molecule has 1 saturated carbocycles. The highest BCUT2D eigenvalue weighted by molar-refractivity contribution is 5.80. The van der Waals surface area contributed by atoms with Crippen LogP contribution in [0.15, 0.2) is 0 Å². The van der Waals surface area contributed by atoms with Gasteiger partial charge in [-0.2, -0.15) is 0 Å². The van der Waals surface area contributed by atoms with Gasteiger partial charge in [0.25, 0.3) is 0 Å². The minimum Gasteiger partial charge on any atom is -0.384 e. The highest BCUT2D eigenvalue weighted by Gasteiger charge is 2.39. The molecule has 0 saturated heterocycles. The Balaban J connectivity index is 2.38. The normalized spacial score (nSPS) is 28.8. The van der Waals surface area contributed by atoms with Crippen LogP contribution in [-0.2, 0) is 4.79 Å². The summed E-state index contributed by atoms with van der Waals surface area (Å²) in [5, 5.41) is 11.8. The molecule has 3 heteroatoms. The molecule has 1 fully saturated rings. The maximum absolute atomic E-state index is 11.1. The first-order chi connectivity index (χ1) is 5.43. The van der Waals surface area contributed by atoms with Crippen molar-refractivity contribution in [2.45, 2.75) is 45.8 Å². The minimum absolute atomic E-state index is 0.213. The van der Waals surface area contributed by atoms with E-state index < -0.39 is 6.10 Å². The van der Waals surface area contributed by atoms with E-state index in [0.717, 1.165) is 12.8 Å². The lowest BCUT2D eigenvalue weighted by Crippen LogP contribution is -2.54. The molecule has 1 rings (SSSR count). The Morgan fingerprint density at radius 1 is 1.67 bits per heavy atom. The molecule has 1 aliphatic rings. The summed E-state index contributed by atoms with van der Waals surface area (Å²) < 4.78 is 0. The van der Waals surface area contributed by atoms with Gasteiger partial charge in [-0.15, -0.1) is 0 Å². The summed E-state index contributed by atoms with van der Waals surface area (Å²) in [4.78, 5) is 11.1. The summed E-state index contributed by atoms with van der Waals surface area (Å²) in [7, 11) is 0. The number of rotatable bonds is 2. The van der Waals surface area contributed by atoms with Crippen molar-refractivity contribution in [1.82, 2.24) is 5.32 Å². The van der Waals surface area contributed by atoms with Crippen molar-refractivity contribution < 1.29 is 9.90 Å². The zero-order chi connectivity index (χ0) is 9.35. The number of hydrogen-bond donors (Lipinski definition) is 2. The largest absolute Gasteiger partial charge is 0.384 e. The van der Waals surface area contributed by atoms with Crippen LogP contribution in [0.2, 0.25) is 0 Å². The standard InChI is InChI=1S/C9H17NO2/c1-6(11)8(12)10-7-4-5-9(7,2)3/h6-7,11H,4-5H2,1-3H3,(H,10,12). The number of nitrogens with one attached hydrogen (secondary N) is 1. The fraction of sp³-hybridized carbons (Fsp3) is 0.889. The fourth-order valence-corrected chi connectivity index (χ4v) is 1.43. The summed E-state index contributed by atoms with van der Waals surface area (Å²) in [6, 6.07) is 0.250. The highest BCUT2D eigenvalue weighted by Crippen LogP contribution is 2.39. The zero-order valence-corrected chi connectivity index (χ0v) is 7.92. The molecule has 0 spiro atoms. The third kappa shape index (κ3) is 1.78. The quantitative estimate of drug-likeness (QED) is 0.641. The van der Waals surface area contributed by atoms with Gasteiger partial charge < -0.3 is 10.4 Å². The lowest BCUT2D eigenvalue weighted by molar-refractivity contribution is -0.131. The Morgan fingerprint density at radius 3 is 2.50 bits per heavy atom. The predicted molar refractivity (Wildman–Crippen MR) is 46.6 cm³/mol. The molecule has 12 heavy (non-hydrogen) atoms. The number of aliphatic hydroxyl groups excluding tert-OH is 1. The van der Waals surface area contributed by atoms with Crippen molar-refractivity contribution in [1.29, 1.82) is 0 Å². The van der Waals surface area contributed by atoms with Gasteiger partial charge in [0.2, 0.25) is 5.91 Å². The number of carbonyl (C=O) groups excluding carboxylic acids is 1. The Kier molecular flexibility index (Phi) is 2.42. The highest BCUT2D eigenvalue weighted by atomic mass is 16.3. The van der Waals surface area contributed by atoms with Gasteiger partial charge in [-0.3, -0.25) is 4.79 Å². The molecule has 2 atom stereocenters. The van der Waals surface area contributed by atoms with Crippen molar-refractivity contribution in [3.63, 3.8) is 0 Å². The van der Waals surface area contributed by atoms with Gasteiger partial charge in [-0.1, -0.05) is 13.8 Å². The van der Waals surface area contributed by atoms with Crippen molar-refractivity contribution in [3.8, 4) is 0 Å². The number of amides is 1. The molecule has 0 aliphatic heterocycles. The van der Waals surface area contributed by atoms with E-state index in [9.17, 15) is 4.79 Å². The molecule has 70 valence electrons. The van der Waals surface area contributed by atoms with Gasteiger partial charge in [-0.05, 0) is 25.2 Å². The second-order valence-corrected chi connectivity index (χ2v) is 4.26. The molecule has 0 heterocycles. The molecule has 1 amide bonds. The molecule has 2 unspecified atom stereocenters. The van der Waals surface area contributed by atoms with Crippen LogP contribution in [0.25, 0.3) is 0 Å². The number of carbonyl (C=O) groups is 1.